The van der Waals surface area contributed by atoms with Crippen LogP contribution >= 0.6 is 0 Å². The van der Waals surface area contributed by atoms with Crippen molar-refractivity contribution in [2.24, 2.45) is 0 Å². The summed E-state index contributed by atoms with van der Waals surface area (Å²) in [6.07, 6.45) is 5.34. The van der Waals surface area contributed by atoms with Crippen molar-refractivity contribution in [3.8, 4) is 0 Å². The lowest BCUT2D eigenvalue weighted by atomic mass is 9.67. The number of halogens is 1. The van der Waals surface area contributed by atoms with Crippen LogP contribution in [0, 0.1) is 5.82 Å². The molecule has 2 N–H and O–H groups in total. The fourth-order valence-electron chi connectivity index (χ4n) is 5.93. The van der Waals surface area contributed by atoms with Gasteiger partial charge in [-0.25, -0.2) is 4.39 Å². The maximum absolute atomic E-state index is 13.3. The van der Waals surface area contributed by atoms with Crippen molar-refractivity contribution in [1.82, 2.24) is 10.6 Å². The average molecular weight is 481 g/mol. The predicted molar refractivity (Wildman–Crippen MR) is 134 cm³/mol. The molecule has 0 spiro atoms. The molecule has 0 aromatic heterocycles. The lowest BCUT2D eigenvalue weighted by Crippen LogP contribution is -2.46. The molecule has 2 unspecified atom stereocenters. The lowest BCUT2D eigenvalue weighted by Gasteiger charge is -2.45. The summed E-state index contributed by atoms with van der Waals surface area (Å²) in [5.41, 5.74) is 1.58. The van der Waals surface area contributed by atoms with E-state index in [4.69, 9.17) is 4.74 Å². The van der Waals surface area contributed by atoms with Gasteiger partial charge in [-0.05, 0) is 75.6 Å². The standard InChI is InChI=1S/C29H37FN2O3/c1-27(2)21-28(17-19-35-27,23-6-4-3-5-7-23)16-18-31-25(33)12-14-29(15-13-26(34)32-29)20-22-8-10-24(30)11-9-22/h3-11H,12-21H2,1-2H3,(H,31,33)(H,32,34). The highest BCUT2D eigenvalue weighted by Gasteiger charge is 2.42. The van der Waals surface area contributed by atoms with E-state index >= 15 is 0 Å². The van der Waals surface area contributed by atoms with Crippen LogP contribution in [0.5, 0.6) is 0 Å². The third-order valence-electron chi connectivity index (χ3n) is 7.67. The topological polar surface area (TPSA) is 67.4 Å². The second-order valence-corrected chi connectivity index (χ2v) is 10.9. The molecule has 188 valence electrons. The number of amides is 2. The molecule has 0 aliphatic carbocycles. The minimum Gasteiger partial charge on any atom is -0.376 e. The van der Waals surface area contributed by atoms with Crippen LogP contribution in [0.15, 0.2) is 54.6 Å². The second kappa shape index (κ2) is 10.5. The van der Waals surface area contributed by atoms with E-state index < -0.39 is 5.54 Å². The Bertz CT molecular complexity index is 1020. The van der Waals surface area contributed by atoms with Crippen molar-refractivity contribution in [2.75, 3.05) is 13.2 Å². The fraction of sp³-hybridized carbons (Fsp3) is 0.517. The molecule has 0 radical (unpaired) electrons. The summed E-state index contributed by atoms with van der Waals surface area (Å²) in [7, 11) is 0. The quantitative estimate of drug-likeness (QED) is 0.540. The summed E-state index contributed by atoms with van der Waals surface area (Å²) in [6, 6.07) is 16.9. The van der Waals surface area contributed by atoms with Crippen LogP contribution in [0.3, 0.4) is 0 Å². The maximum atomic E-state index is 13.3. The van der Waals surface area contributed by atoms with Crippen LogP contribution in [0.2, 0.25) is 0 Å². The van der Waals surface area contributed by atoms with Crippen LogP contribution in [-0.4, -0.2) is 36.1 Å². The molecule has 0 saturated carbocycles. The Morgan fingerprint density at radius 3 is 2.46 bits per heavy atom. The Labute approximate surface area is 207 Å². The van der Waals surface area contributed by atoms with Crippen molar-refractivity contribution >= 4 is 11.8 Å². The number of rotatable bonds is 9. The summed E-state index contributed by atoms with van der Waals surface area (Å²) in [5, 5.41) is 6.24. The summed E-state index contributed by atoms with van der Waals surface area (Å²) in [5.74, 6) is -0.266. The molecule has 35 heavy (non-hydrogen) atoms. The van der Waals surface area contributed by atoms with Crippen molar-refractivity contribution < 1.29 is 18.7 Å². The second-order valence-electron chi connectivity index (χ2n) is 10.9. The molecule has 2 aromatic carbocycles. The normalized spacial score (nSPS) is 25.7. The smallest absolute Gasteiger partial charge is 0.220 e. The number of nitrogens with one attached hydrogen (secondary N) is 2. The number of ether oxygens (including phenoxy) is 1. The Morgan fingerprint density at radius 2 is 1.80 bits per heavy atom. The highest BCUT2D eigenvalue weighted by Crippen LogP contribution is 2.43. The number of benzene rings is 2. The van der Waals surface area contributed by atoms with Crippen LogP contribution < -0.4 is 10.6 Å². The van der Waals surface area contributed by atoms with Gasteiger partial charge in [0.1, 0.15) is 5.82 Å². The van der Waals surface area contributed by atoms with Gasteiger partial charge in [0, 0.05) is 36.9 Å². The van der Waals surface area contributed by atoms with Gasteiger partial charge in [-0.15, -0.1) is 0 Å². The first-order chi connectivity index (χ1) is 16.7. The predicted octanol–water partition coefficient (Wildman–Crippen LogP) is 4.83. The highest BCUT2D eigenvalue weighted by atomic mass is 19.1. The van der Waals surface area contributed by atoms with Gasteiger partial charge >= 0.3 is 0 Å². The molecule has 2 aliphatic heterocycles. The first-order valence-corrected chi connectivity index (χ1v) is 12.7. The monoisotopic (exact) mass is 480 g/mol. The molecular weight excluding hydrogens is 443 g/mol. The van der Waals surface area contributed by atoms with Gasteiger partial charge in [0.05, 0.1) is 5.60 Å². The molecule has 2 atom stereocenters. The SMILES string of the molecule is CC1(C)CC(CCNC(=O)CCC2(Cc3ccc(F)cc3)CCC(=O)N2)(c2ccccc2)CCO1. The third kappa shape index (κ3) is 6.49. The van der Waals surface area contributed by atoms with Gasteiger partial charge in [-0.2, -0.15) is 0 Å². The van der Waals surface area contributed by atoms with E-state index in [-0.39, 0.29) is 28.6 Å². The summed E-state index contributed by atoms with van der Waals surface area (Å²) >= 11 is 0. The Balaban J connectivity index is 1.35. The molecular formula is C29H37FN2O3. The summed E-state index contributed by atoms with van der Waals surface area (Å²) in [4.78, 5) is 24.9. The molecule has 2 fully saturated rings. The van der Waals surface area contributed by atoms with Crippen LogP contribution in [0.4, 0.5) is 4.39 Å². The van der Waals surface area contributed by atoms with Crippen molar-refractivity contribution in [3.63, 3.8) is 0 Å². The fourth-order valence-corrected chi connectivity index (χ4v) is 5.93. The van der Waals surface area contributed by atoms with E-state index in [1.807, 2.05) is 6.07 Å². The van der Waals surface area contributed by atoms with Gasteiger partial charge < -0.3 is 15.4 Å². The minimum absolute atomic E-state index is 0.000776. The maximum Gasteiger partial charge on any atom is 0.220 e. The highest BCUT2D eigenvalue weighted by molar-refractivity contribution is 5.80. The van der Waals surface area contributed by atoms with E-state index in [2.05, 4.69) is 48.7 Å². The van der Waals surface area contributed by atoms with Gasteiger partial charge in [-0.3, -0.25) is 9.59 Å². The first-order valence-electron chi connectivity index (χ1n) is 12.7. The molecule has 2 saturated heterocycles. The van der Waals surface area contributed by atoms with Crippen molar-refractivity contribution in [1.29, 1.82) is 0 Å². The lowest BCUT2D eigenvalue weighted by molar-refractivity contribution is -0.123. The molecule has 2 aromatic rings. The Hall–Kier alpha value is -2.73. The third-order valence-corrected chi connectivity index (χ3v) is 7.67. The van der Waals surface area contributed by atoms with E-state index in [9.17, 15) is 14.0 Å². The van der Waals surface area contributed by atoms with Gasteiger partial charge in [0.2, 0.25) is 11.8 Å². The van der Waals surface area contributed by atoms with Crippen molar-refractivity contribution in [2.45, 2.75) is 81.8 Å². The molecule has 2 amide bonds. The summed E-state index contributed by atoms with van der Waals surface area (Å²) < 4.78 is 19.3. The van der Waals surface area contributed by atoms with Gasteiger partial charge in [-0.1, -0.05) is 42.5 Å². The number of hydrogen-bond acceptors (Lipinski definition) is 3. The zero-order valence-corrected chi connectivity index (χ0v) is 20.9. The van der Waals surface area contributed by atoms with E-state index in [0.717, 1.165) is 24.8 Å². The Morgan fingerprint density at radius 1 is 1.06 bits per heavy atom. The number of carbonyl (C=O) groups excluding carboxylic acids is 2. The molecule has 4 rings (SSSR count). The van der Waals surface area contributed by atoms with Crippen LogP contribution in [-0.2, 0) is 26.2 Å². The zero-order chi connectivity index (χ0) is 24.9. The van der Waals surface area contributed by atoms with Crippen molar-refractivity contribution in [3.05, 3.63) is 71.5 Å². The minimum atomic E-state index is -0.456. The Kier molecular flexibility index (Phi) is 7.60. The van der Waals surface area contributed by atoms with Crippen LogP contribution in [0.1, 0.15) is 69.9 Å². The largest absolute Gasteiger partial charge is 0.376 e. The van der Waals surface area contributed by atoms with E-state index in [1.54, 1.807) is 12.1 Å². The molecule has 2 heterocycles. The zero-order valence-electron chi connectivity index (χ0n) is 20.9. The number of carbonyl (C=O) groups is 2. The average Bonchev–Trinajstić information content (AvgIpc) is 3.20. The summed E-state index contributed by atoms with van der Waals surface area (Å²) in [6.45, 7) is 5.58. The van der Waals surface area contributed by atoms with Gasteiger partial charge in [0.25, 0.3) is 0 Å². The van der Waals surface area contributed by atoms with E-state index in [0.29, 0.717) is 45.3 Å². The molecule has 6 heteroatoms. The molecule has 2 aliphatic rings. The van der Waals surface area contributed by atoms with Crippen LogP contribution in [0.25, 0.3) is 0 Å². The first kappa shape index (κ1) is 25.4. The number of hydrogen-bond donors (Lipinski definition) is 2. The molecule has 5 nitrogen and oxygen atoms in total. The van der Waals surface area contributed by atoms with Gasteiger partial charge in [0.15, 0.2) is 0 Å². The van der Waals surface area contributed by atoms with E-state index in [1.165, 1.54) is 17.7 Å². The molecule has 0 bridgehead atoms.